The molecule has 2 nitrogen and oxygen atoms in total. The Bertz CT molecular complexity index is 351. The second-order valence-electron chi connectivity index (χ2n) is 4.04. The SMILES string of the molecule is CCc1ccc(CC(COCC(F)(F)F)NC)s1. The van der Waals surface area contributed by atoms with Gasteiger partial charge in [0.1, 0.15) is 6.61 Å². The number of aryl methyl sites for hydroxylation is 1. The number of alkyl halides is 3. The second-order valence-corrected chi connectivity index (χ2v) is 5.29. The van der Waals surface area contributed by atoms with Gasteiger partial charge in [-0.2, -0.15) is 13.2 Å². The van der Waals surface area contributed by atoms with Crippen LogP contribution in [-0.4, -0.2) is 32.5 Å². The van der Waals surface area contributed by atoms with E-state index < -0.39 is 12.8 Å². The molecule has 1 aromatic heterocycles. The van der Waals surface area contributed by atoms with E-state index in [0.717, 1.165) is 6.42 Å². The minimum Gasteiger partial charge on any atom is -0.370 e. The van der Waals surface area contributed by atoms with Crippen molar-refractivity contribution in [2.75, 3.05) is 20.3 Å². The molecule has 0 aliphatic heterocycles. The van der Waals surface area contributed by atoms with E-state index in [1.165, 1.54) is 9.75 Å². The van der Waals surface area contributed by atoms with Gasteiger partial charge < -0.3 is 10.1 Å². The molecule has 0 aliphatic carbocycles. The predicted octanol–water partition coefficient (Wildman–Crippen LogP) is 3.02. The molecule has 1 N–H and O–H groups in total. The number of nitrogens with one attached hydrogen (secondary N) is 1. The fraction of sp³-hybridized carbons (Fsp3) is 0.667. The molecule has 1 aromatic rings. The number of likely N-dealkylation sites (N-methyl/N-ethyl adjacent to an activating group) is 1. The van der Waals surface area contributed by atoms with Crippen LogP contribution >= 0.6 is 11.3 Å². The molecule has 18 heavy (non-hydrogen) atoms. The van der Waals surface area contributed by atoms with Crippen molar-refractivity contribution < 1.29 is 17.9 Å². The Balaban J connectivity index is 2.37. The predicted molar refractivity (Wildman–Crippen MR) is 67.1 cm³/mol. The Hall–Kier alpha value is -0.590. The highest BCUT2D eigenvalue weighted by atomic mass is 32.1. The molecular formula is C12H18F3NOS. The molecule has 104 valence electrons. The van der Waals surface area contributed by atoms with Crippen LogP contribution in [0.2, 0.25) is 0 Å². The zero-order chi connectivity index (χ0) is 13.6. The zero-order valence-electron chi connectivity index (χ0n) is 10.5. The largest absolute Gasteiger partial charge is 0.411 e. The third kappa shape index (κ3) is 5.84. The first-order chi connectivity index (χ1) is 8.44. The monoisotopic (exact) mass is 281 g/mol. The first-order valence-corrected chi connectivity index (χ1v) is 6.65. The van der Waals surface area contributed by atoms with Crippen LogP contribution in [0.3, 0.4) is 0 Å². The lowest BCUT2D eigenvalue weighted by molar-refractivity contribution is -0.175. The number of halogens is 3. The van der Waals surface area contributed by atoms with Crippen LogP contribution < -0.4 is 5.32 Å². The number of thiophene rings is 1. The Labute approximate surface area is 109 Å². The summed E-state index contributed by atoms with van der Waals surface area (Å²) in [5, 5.41) is 2.98. The van der Waals surface area contributed by atoms with Gasteiger partial charge in [-0.3, -0.25) is 0 Å². The standard InChI is InChI=1S/C12H18F3NOS/c1-3-10-4-5-11(18-10)6-9(16-2)7-17-8-12(13,14)15/h4-5,9,16H,3,6-8H2,1-2H3. The molecule has 0 radical (unpaired) electrons. The van der Waals surface area contributed by atoms with E-state index in [0.29, 0.717) is 6.42 Å². The molecule has 1 atom stereocenters. The summed E-state index contributed by atoms with van der Waals surface area (Å²) in [6.45, 7) is 0.961. The molecule has 0 fully saturated rings. The maximum atomic E-state index is 11.9. The molecule has 0 bridgehead atoms. The summed E-state index contributed by atoms with van der Waals surface area (Å²) in [6, 6.07) is 4.00. The fourth-order valence-corrected chi connectivity index (χ4v) is 2.56. The van der Waals surface area contributed by atoms with Gasteiger partial charge in [-0.25, -0.2) is 0 Å². The summed E-state index contributed by atoms with van der Waals surface area (Å²) in [7, 11) is 1.73. The van der Waals surface area contributed by atoms with Gasteiger partial charge in [-0.05, 0) is 32.0 Å². The van der Waals surface area contributed by atoms with Gasteiger partial charge >= 0.3 is 6.18 Å². The summed E-state index contributed by atoms with van der Waals surface area (Å²) in [5.74, 6) is 0. The molecule has 1 heterocycles. The van der Waals surface area contributed by atoms with Crippen molar-refractivity contribution in [2.24, 2.45) is 0 Å². The zero-order valence-corrected chi connectivity index (χ0v) is 11.3. The van der Waals surface area contributed by atoms with Crippen LogP contribution in [-0.2, 0) is 17.6 Å². The topological polar surface area (TPSA) is 21.3 Å². The minimum absolute atomic E-state index is 0.0648. The Morgan fingerprint density at radius 3 is 2.50 bits per heavy atom. The highest BCUT2D eigenvalue weighted by Gasteiger charge is 2.27. The summed E-state index contributed by atoms with van der Waals surface area (Å²) >= 11 is 1.70. The highest BCUT2D eigenvalue weighted by molar-refractivity contribution is 7.11. The van der Waals surface area contributed by atoms with Gasteiger partial charge in [-0.15, -0.1) is 11.3 Å². The number of hydrogen-bond donors (Lipinski definition) is 1. The van der Waals surface area contributed by atoms with Gasteiger partial charge in [0.15, 0.2) is 0 Å². The van der Waals surface area contributed by atoms with E-state index in [2.05, 4.69) is 23.0 Å². The van der Waals surface area contributed by atoms with Crippen molar-refractivity contribution in [2.45, 2.75) is 32.0 Å². The number of ether oxygens (including phenoxy) is 1. The Morgan fingerprint density at radius 1 is 1.33 bits per heavy atom. The van der Waals surface area contributed by atoms with Crippen molar-refractivity contribution in [3.05, 3.63) is 21.9 Å². The lowest BCUT2D eigenvalue weighted by Crippen LogP contribution is -2.33. The lowest BCUT2D eigenvalue weighted by Gasteiger charge is -2.16. The lowest BCUT2D eigenvalue weighted by atomic mass is 10.2. The average Bonchev–Trinajstić information content (AvgIpc) is 2.74. The van der Waals surface area contributed by atoms with E-state index >= 15 is 0 Å². The fourth-order valence-electron chi connectivity index (χ4n) is 1.53. The van der Waals surface area contributed by atoms with Crippen molar-refractivity contribution in [3.63, 3.8) is 0 Å². The molecule has 0 amide bonds. The van der Waals surface area contributed by atoms with Gasteiger partial charge in [0.05, 0.1) is 6.61 Å². The van der Waals surface area contributed by atoms with E-state index in [9.17, 15) is 13.2 Å². The third-order valence-corrected chi connectivity index (χ3v) is 3.76. The van der Waals surface area contributed by atoms with Gasteiger partial charge in [-0.1, -0.05) is 6.92 Å². The Kier molecular flexibility index (Phi) is 6.11. The quantitative estimate of drug-likeness (QED) is 0.829. The van der Waals surface area contributed by atoms with Crippen molar-refractivity contribution in [3.8, 4) is 0 Å². The number of rotatable bonds is 7. The van der Waals surface area contributed by atoms with Crippen LogP contribution in [0.4, 0.5) is 13.2 Å². The van der Waals surface area contributed by atoms with Crippen molar-refractivity contribution in [1.29, 1.82) is 0 Å². The first kappa shape index (κ1) is 15.5. The van der Waals surface area contributed by atoms with Crippen LogP contribution in [0.25, 0.3) is 0 Å². The van der Waals surface area contributed by atoms with Gasteiger partial charge in [0, 0.05) is 15.8 Å². The summed E-state index contributed by atoms with van der Waals surface area (Å²) < 4.78 is 40.5. The van der Waals surface area contributed by atoms with E-state index in [4.69, 9.17) is 0 Å². The molecule has 1 rings (SSSR count). The van der Waals surface area contributed by atoms with E-state index in [1.54, 1.807) is 18.4 Å². The van der Waals surface area contributed by atoms with E-state index in [-0.39, 0.29) is 12.6 Å². The highest BCUT2D eigenvalue weighted by Crippen LogP contribution is 2.19. The first-order valence-electron chi connectivity index (χ1n) is 5.84. The molecule has 0 aliphatic rings. The maximum Gasteiger partial charge on any atom is 0.411 e. The van der Waals surface area contributed by atoms with Crippen LogP contribution in [0.1, 0.15) is 16.7 Å². The summed E-state index contributed by atoms with van der Waals surface area (Å²) in [6.07, 6.45) is -2.57. The molecule has 6 heteroatoms. The van der Waals surface area contributed by atoms with Gasteiger partial charge in [0.2, 0.25) is 0 Å². The smallest absolute Gasteiger partial charge is 0.370 e. The normalized spacial score (nSPS) is 13.8. The second kappa shape index (κ2) is 7.11. The van der Waals surface area contributed by atoms with Gasteiger partial charge in [0.25, 0.3) is 0 Å². The van der Waals surface area contributed by atoms with Crippen molar-refractivity contribution >= 4 is 11.3 Å². The Morgan fingerprint density at radius 2 is 2.00 bits per heavy atom. The van der Waals surface area contributed by atoms with Crippen molar-refractivity contribution in [1.82, 2.24) is 5.32 Å². The molecule has 1 unspecified atom stereocenters. The summed E-state index contributed by atoms with van der Waals surface area (Å²) in [5.41, 5.74) is 0. The molecular weight excluding hydrogens is 263 g/mol. The number of hydrogen-bond acceptors (Lipinski definition) is 3. The van der Waals surface area contributed by atoms with Crippen LogP contribution in [0.15, 0.2) is 12.1 Å². The minimum atomic E-state index is -4.25. The molecule has 0 aromatic carbocycles. The molecule has 0 saturated carbocycles. The summed E-state index contributed by atoms with van der Waals surface area (Å²) in [4.78, 5) is 2.46. The molecule has 0 saturated heterocycles. The van der Waals surface area contributed by atoms with Crippen LogP contribution in [0, 0.1) is 0 Å². The average molecular weight is 281 g/mol. The maximum absolute atomic E-state index is 11.9. The third-order valence-electron chi connectivity index (χ3n) is 2.51. The molecule has 0 spiro atoms. The van der Waals surface area contributed by atoms with Crippen LogP contribution in [0.5, 0.6) is 0 Å². The van der Waals surface area contributed by atoms with E-state index in [1.807, 2.05) is 6.07 Å².